The molecule has 1 amide bonds. The fourth-order valence-corrected chi connectivity index (χ4v) is 4.25. The molecule has 1 aliphatic rings. The van der Waals surface area contributed by atoms with Crippen LogP contribution in [0.15, 0.2) is 24.5 Å². The average Bonchev–Trinajstić information content (AvgIpc) is 2.95. The Kier molecular flexibility index (Phi) is 4.52. The van der Waals surface area contributed by atoms with Gasteiger partial charge in [0.15, 0.2) is 9.84 Å². The second-order valence-corrected chi connectivity index (χ2v) is 8.11. The average molecular weight is 298 g/mol. The lowest BCUT2D eigenvalue weighted by molar-refractivity contribution is -0.125. The van der Waals surface area contributed by atoms with Gasteiger partial charge in [0.2, 0.25) is 5.91 Å². The van der Waals surface area contributed by atoms with E-state index in [0.29, 0.717) is 12.3 Å². The predicted molar refractivity (Wildman–Crippen MR) is 78.1 cm³/mol. The van der Waals surface area contributed by atoms with Crippen molar-refractivity contribution in [2.75, 3.05) is 11.5 Å². The van der Waals surface area contributed by atoms with Crippen molar-refractivity contribution >= 4 is 15.7 Å². The van der Waals surface area contributed by atoms with E-state index >= 15 is 0 Å². The summed E-state index contributed by atoms with van der Waals surface area (Å²) in [6, 6.07) is 3.27. The summed E-state index contributed by atoms with van der Waals surface area (Å²) in [6.45, 7) is 4.15. The highest BCUT2D eigenvalue weighted by Gasteiger charge is 2.31. The Morgan fingerprint density at radius 2 is 2.00 bits per heavy atom. The van der Waals surface area contributed by atoms with Crippen molar-refractivity contribution in [3.05, 3.63) is 24.5 Å². The summed E-state index contributed by atoms with van der Waals surface area (Å²) >= 11 is 0. The van der Waals surface area contributed by atoms with Crippen LogP contribution in [0.5, 0.6) is 0 Å². The van der Waals surface area contributed by atoms with Gasteiger partial charge in [0.25, 0.3) is 0 Å². The van der Waals surface area contributed by atoms with Crippen LogP contribution >= 0.6 is 0 Å². The molecule has 5 nitrogen and oxygen atoms in total. The molecule has 0 unspecified atom stereocenters. The first kappa shape index (κ1) is 15.1. The van der Waals surface area contributed by atoms with Gasteiger partial charge in [-0.1, -0.05) is 13.8 Å². The van der Waals surface area contributed by atoms with Gasteiger partial charge in [-0.2, -0.15) is 0 Å². The van der Waals surface area contributed by atoms with Crippen molar-refractivity contribution < 1.29 is 13.2 Å². The molecule has 1 fully saturated rings. The van der Waals surface area contributed by atoms with E-state index in [2.05, 4.69) is 19.2 Å². The third kappa shape index (κ3) is 3.85. The van der Waals surface area contributed by atoms with Crippen LogP contribution in [0.4, 0.5) is 0 Å². The van der Waals surface area contributed by atoms with Crippen LogP contribution < -0.4 is 5.32 Å². The molecule has 1 saturated heterocycles. The number of carbonyl (C=O) groups excluding carboxylic acids is 1. The third-order valence-corrected chi connectivity index (χ3v) is 5.33. The highest BCUT2D eigenvalue weighted by Crippen LogP contribution is 2.19. The first-order chi connectivity index (χ1) is 9.37. The first-order valence-corrected chi connectivity index (χ1v) is 8.83. The van der Waals surface area contributed by atoms with E-state index in [1.807, 2.05) is 29.1 Å². The van der Waals surface area contributed by atoms with Gasteiger partial charge in [-0.3, -0.25) is 4.79 Å². The quantitative estimate of drug-likeness (QED) is 0.893. The second kappa shape index (κ2) is 5.99. The molecule has 112 valence electrons. The summed E-state index contributed by atoms with van der Waals surface area (Å²) in [5.74, 6) is 0.548. The van der Waals surface area contributed by atoms with Gasteiger partial charge in [0, 0.05) is 18.4 Å². The summed E-state index contributed by atoms with van der Waals surface area (Å²) < 4.78 is 24.8. The standard InChI is InChI=1S/C14H22N2O3S/c1-11(2)9-13(16-6-3-4-7-16)14(17)15-12-5-8-20(18,19)10-12/h3-4,6-7,11-13H,5,8-10H2,1-2H3,(H,15,17)/t12-,13-/m0/s1. The van der Waals surface area contributed by atoms with Crippen molar-refractivity contribution in [3.63, 3.8) is 0 Å². The lowest BCUT2D eigenvalue weighted by Crippen LogP contribution is -2.40. The molecule has 1 aliphatic heterocycles. The number of rotatable bonds is 5. The van der Waals surface area contributed by atoms with Crippen LogP contribution in [0.3, 0.4) is 0 Å². The summed E-state index contributed by atoms with van der Waals surface area (Å²) in [4.78, 5) is 12.4. The summed E-state index contributed by atoms with van der Waals surface area (Å²) in [5, 5.41) is 2.89. The van der Waals surface area contributed by atoms with Crippen molar-refractivity contribution in [2.45, 2.75) is 38.8 Å². The van der Waals surface area contributed by atoms with E-state index in [-0.39, 0.29) is 29.5 Å². The Labute approximate surface area is 120 Å². The molecule has 20 heavy (non-hydrogen) atoms. The molecule has 1 aromatic heterocycles. The van der Waals surface area contributed by atoms with E-state index < -0.39 is 9.84 Å². The highest BCUT2D eigenvalue weighted by molar-refractivity contribution is 7.91. The molecule has 2 rings (SSSR count). The van der Waals surface area contributed by atoms with Crippen molar-refractivity contribution in [2.24, 2.45) is 5.92 Å². The molecule has 6 heteroatoms. The van der Waals surface area contributed by atoms with E-state index in [4.69, 9.17) is 0 Å². The fraction of sp³-hybridized carbons (Fsp3) is 0.643. The Balaban J connectivity index is 2.04. The number of nitrogens with zero attached hydrogens (tertiary/aromatic N) is 1. The van der Waals surface area contributed by atoms with E-state index in [0.717, 1.165) is 6.42 Å². The summed E-state index contributed by atoms with van der Waals surface area (Å²) in [6.07, 6.45) is 5.00. The molecule has 0 bridgehead atoms. The van der Waals surface area contributed by atoms with E-state index in [9.17, 15) is 13.2 Å². The zero-order valence-electron chi connectivity index (χ0n) is 12.0. The third-order valence-electron chi connectivity index (χ3n) is 3.56. The maximum atomic E-state index is 12.4. The smallest absolute Gasteiger partial charge is 0.243 e. The number of nitrogens with one attached hydrogen (secondary N) is 1. The maximum absolute atomic E-state index is 12.4. The maximum Gasteiger partial charge on any atom is 0.243 e. The number of hydrogen-bond acceptors (Lipinski definition) is 3. The number of hydrogen-bond donors (Lipinski definition) is 1. The van der Waals surface area contributed by atoms with Crippen molar-refractivity contribution in [1.29, 1.82) is 0 Å². The van der Waals surface area contributed by atoms with Gasteiger partial charge in [0.05, 0.1) is 11.5 Å². The Bertz CT molecular complexity index is 549. The zero-order valence-corrected chi connectivity index (χ0v) is 12.8. The normalized spacial score (nSPS) is 22.9. The zero-order chi connectivity index (χ0) is 14.8. The van der Waals surface area contributed by atoms with Gasteiger partial charge in [-0.25, -0.2) is 8.42 Å². The Morgan fingerprint density at radius 3 is 2.50 bits per heavy atom. The van der Waals surface area contributed by atoms with Crippen LogP contribution in [-0.4, -0.2) is 36.4 Å². The lowest BCUT2D eigenvalue weighted by atomic mass is 10.0. The van der Waals surface area contributed by atoms with Crippen LogP contribution in [0.2, 0.25) is 0 Å². The molecule has 0 spiro atoms. The lowest BCUT2D eigenvalue weighted by Gasteiger charge is -2.22. The second-order valence-electron chi connectivity index (χ2n) is 5.88. The minimum Gasteiger partial charge on any atom is -0.351 e. The summed E-state index contributed by atoms with van der Waals surface area (Å²) in [5.41, 5.74) is 0. The molecular weight excluding hydrogens is 276 g/mol. The molecule has 1 aromatic rings. The van der Waals surface area contributed by atoms with Crippen LogP contribution in [0, 0.1) is 5.92 Å². The molecule has 2 heterocycles. The van der Waals surface area contributed by atoms with Gasteiger partial charge in [0.1, 0.15) is 6.04 Å². The molecule has 0 radical (unpaired) electrons. The van der Waals surface area contributed by atoms with Crippen molar-refractivity contribution in [3.8, 4) is 0 Å². The minimum atomic E-state index is -2.97. The number of carbonyl (C=O) groups is 1. The largest absolute Gasteiger partial charge is 0.351 e. The molecule has 1 N–H and O–H groups in total. The highest BCUT2D eigenvalue weighted by atomic mass is 32.2. The van der Waals surface area contributed by atoms with Crippen molar-refractivity contribution in [1.82, 2.24) is 9.88 Å². The van der Waals surface area contributed by atoms with E-state index in [1.165, 1.54) is 0 Å². The molecule has 0 saturated carbocycles. The molecule has 0 aromatic carbocycles. The minimum absolute atomic E-state index is 0.0683. The van der Waals surface area contributed by atoms with Gasteiger partial charge in [-0.05, 0) is 30.9 Å². The van der Waals surface area contributed by atoms with Gasteiger partial charge in [-0.15, -0.1) is 0 Å². The van der Waals surface area contributed by atoms with Crippen LogP contribution in [0.25, 0.3) is 0 Å². The van der Waals surface area contributed by atoms with Crippen LogP contribution in [-0.2, 0) is 14.6 Å². The van der Waals surface area contributed by atoms with Gasteiger partial charge >= 0.3 is 0 Å². The van der Waals surface area contributed by atoms with Crippen LogP contribution in [0.1, 0.15) is 32.7 Å². The predicted octanol–water partition coefficient (Wildman–Crippen LogP) is 1.38. The summed E-state index contributed by atoms with van der Waals surface area (Å²) in [7, 11) is -2.97. The van der Waals surface area contributed by atoms with Gasteiger partial charge < -0.3 is 9.88 Å². The number of sulfone groups is 1. The molecule has 0 aliphatic carbocycles. The fourth-order valence-electron chi connectivity index (χ4n) is 2.57. The Morgan fingerprint density at radius 1 is 1.35 bits per heavy atom. The topological polar surface area (TPSA) is 68.2 Å². The monoisotopic (exact) mass is 298 g/mol. The Hall–Kier alpha value is -1.30. The SMILES string of the molecule is CC(C)C[C@@H](C(=O)N[C@H]1CCS(=O)(=O)C1)n1cccc1. The molecular formula is C14H22N2O3S. The number of amides is 1. The number of aromatic nitrogens is 1. The first-order valence-electron chi connectivity index (χ1n) is 7.00. The molecule has 2 atom stereocenters. The van der Waals surface area contributed by atoms with E-state index in [1.54, 1.807) is 0 Å².